The van der Waals surface area contributed by atoms with Gasteiger partial charge in [0, 0.05) is 11.3 Å². The van der Waals surface area contributed by atoms with Crippen molar-refractivity contribution in [3.8, 4) is 17.2 Å². The van der Waals surface area contributed by atoms with Gasteiger partial charge >= 0.3 is 0 Å². The maximum absolute atomic E-state index is 9.20. The summed E-state index contributed by atoms with van der Waals surface area (Å²) in [6.45, 7) is 1.48. The molecule has 4 N–H and O–H groups in total. The van der Waals surface area contributed by atoms with E-state index in [0.717, 1.165) is 0 Å². The van der Waals surface area contributed by atoms with E-state index in [1.54, 1.807) is 0 Å². The van der Waals surface area contributed by atoms with Gasteiger partial charge in [-0.05, 0) is 19.1 Å². The quantitative estimate of drug-likeness (QED) is 0.374. The van der Waals surface area contributed by atoms with Crippen LogP contribution >= 0.6 is 0 Å². The van der Waals surface area contributed by atoms with E-state index in [1.807, 2.05) is 0 Å². The highest BCUT2D eigenvalue weighted by molar-refractivity contribution is 5.99. The van der Waals surface area contributed by atoms with Gasteiger partial charge < -0.3 is 20.7 Å². The summed E-state index contributed by atoms with van der Waals surface area (Å²) in [6.07, 6.45) is 0. The van der Waals surface area contributed by atoms with Gasteiger partial charge in [0.1, 0.15) is 0 Å². The summed E-state index contributed by atoms with van der Waals surface area (Å²) in [5.41, 5.74) is 0.341. The molecule has 0 saturated heterocycles. The Labute approximate surface area is 69.2 Å². The minimum Gasteiger partial charge on any atom is -0.504 e. The van der Waals surface area contributed by atoms with E-state index in [4.69, 9.17) is 15.6 Å². The minimum absolute atomic E-state index is 0.128. The molecule has 0 radical (unpaired) electrons. The van der Waals surface area contributed by atoms with E-state index in [0.29, 0.717) is 0 Å². The standard InChI is InChI=1S/C8H9NO3/c1-4(9)5-2-3-6(10)8(12)7(5)11/h2-3,9-12H,1H3. The van der Waals surface area contributed by atoms with E-state index >= 15 is 0 Å². The molecule has 0 fully saturated rings. The Kier molecular flexibility index (Phi) is 1.91. The highest BCUT2D eigenvalue weighted by Crippen LogP contribution is 2.36. The second-order valence-corrected chi connectivity index (χ2v) is 2.45. The van der Waals surface area contributed by atoms with E-state index in [2.05, 4.69) is 0 Å². The number of phenolic OH excluding ortho intramolecular Hbond substituents is 3. The average molecular weight is 167 g/mol. The molecule has 0 saturated carbocycles. The number of benzene rings is 1. The Morgan fingerprint density at radius 2 is 1.75 bits per heavy atom. The molecule has 0 atom stereocenters. The molecule has 1 aromatic carbocycles. The molecule has 64 valence electrons. The predicted molar refractivity (Wildman–Crippen MR) is 43.9 cm³/mol. The van der Waals surface area contributed by atoms with E-state index in [9.17, 15) is 5.11 Å². The van der Waals surface area contributed by atoms with Gasteiger partial charge in [-0.3, -0.25) is 0 Å². The summed E-state index contributed by atoms with van der Waals surface area (Å²) in [5.74, 6) is -1.43. The van der Waals surface area contributed by atoms with Crippen molar-refractivity contribution >= 4 is 5.71 Å². The van der Waals surface area contributed by atoms with Crippen LogP contribution in [0.15, 0.2) is 12.1 Å². The normalized spacial score (nSPS) is 9.75. The van der Waals surface area contributed by atoms with E-state index in [1.165, 1.54) is 19.1 Å². The number of hydrogen-bond donors (Lipinski definition) is 4. The molecule has 0 aliphatic carbocycles. The maximum Gasteiger partial charge on any atom is 0.200 e. The Morgan fingerprint density at radius 1 is 1.17 bits per heavy atom. The Hall–Kier alpha value is -1.71. The second kappa shape index (κ2) is 2.73. The summed E-state index contributed by atoms with van der Waals surface area (Å²) >= 11 is 0. The lowest BCUT2D eigenvalue weighted by atomic mass is 10.1. The van der Waals surface area contributed by atoms with Crippen molar-refractivity contribution in [3.63, 3.8) is 0 Å². The SMILES string of the molecule is CC(=N)c1ccc(O)c(O)c1O. The van der Waals surface area contributed by atoms with Gasteiger partial charge in [0.15, 0.2) is 11.5 Å². The van der Waals surface area contributed by atoms with E-state index in [-0.39, 0.29) is 11.3 Å². The zero-order chi connectivity index (χ0) is 9.30. The minimum atomic E-state index is -0.584. The summed E-state index contributed by atoms with van der Waals surface area (Å²) in [7, 11) is 0. The molecule has 4 nitrogen and oxygen atoms in total. The van der Waals surface area contributed by atoms with Crippen molar-refractivity contribution in [1.29, 1.82) is 5.41 Å². The molecule has 0 bridgehead atoms. The number of phenols is 3. The number of aromatic hydroxyl groups is 3. The van der Waals surface area contributed by atoms with Crippen LogP contribution in [0.25, 0.3) is 0 Å². The molecule has 1 rings (SSSR count). The summed E-state index contributed by atoms with van der Waals surface area (Å²) in [4.78, 5) is 0. The molecule has 0 aliphatic rings. The Balaban J connectivity index is 3.36. The molecule has 0 amide bonds. The van der Waals surface area contributed by atoms with Crippen molar-refractivity contribution in [1.82, 2.24) is 0 Å². The molecular weight excluding hydrogens is 158 g/mol. The fourth-order valence-electron chi connectivity index (χ4n) is 0.872. The van der Waals surface area contributed by atoms with Gasteiger partial charge in [0.05, 0.1) is 0 Å². The van der Waals surface area contributed by atoms with Crippen LogP contribution in [0.3, 0.4) is 0 Å². The third-order valence-electron chi connectivity index (χ3n) is 1.53. The van der Waals surface area contributed by atoms with Crippen LogP contribution in [-0.2, 0) is 0 Å². The third-order valence-corrected chi connectivity index (χ3v) is 1.53. The van der Waals surface area contributed by atoms with Gasteiger partial charge in [-0.2, -0.15) is 0 Å². The van der Waals surface area contributed by atoms with Crippen LogP contribution in [0.4, 0.5) is 0 Å². The predicted octanol–water partition coefficient (Wildman–Crippen LogP) is 1.19. The summed E-state index contributed by atoms with van der Waals surface area (Å²) < 4.78 is 0. The molecule has 0 aliphatic heterocycles. The lowest BCUT2D eigenvalue weighted by Crippen LogP contribution is -1.92. The molecule has 4 heteroatoms. The molecule has 0 aromatic heterocycles. The van der Waals surface area contributed by atoms with Crippen LogP contribution in [-0.4, -0.2) is 21.0 Å². The molecule has 12 heavy (non-hydrogen) atoms. The first kappa shape index (κ1) is 8.39. The van der Waals surface area contributed by atoms with Gasteiger partial charge in [-0.15, -0.1) is 0 Å². The van der Waals surface area contributed by atoms with Gasteiger partial charge in [-0.25, -0.2) is 0 Å². The van der Waals surface area contributed by atoms with Crippen molar-refractivity contribution in [2.75, 3.05) is 0 Å². The lowest BCUT2D eigenvalue weighted by Gasteiger charge is -2.05. The summed E-state index contributed by atoms with van der Waals surface area (Å²) in [6, 6.07) is 2.59. The highest BCUT2D eigenvalue weighted by Gasteiger charge is 2.11. The average Bonchev–Trinajstić information content (AvgIpc) is 2.00. The maximum atomic E-state index is 9.20. The van der Waals surface area contributed by atoms with Crippen LogP contribution in [0.1, 0.15) is 12.5 Å². The van der Waals surface area contributed by atoms with Crippen LogP contribution < -0.4 is 0 Å². The molecule has 0 heterocycles. The number of nitrogens with one attached hydrogen (secondary N) is 1. The van der Waals surface area contributed by atoms with Gasteiger partial charge in [-0.1, -0.05) is 0 Å². The molecular formula is C8H9NO3. The van der Waals surface area contributed by atoms with Crippen LogP contribution in [0, 0.1) is 5.41 Å². The first-order chi connectivity index (χ1) is 5.54. The Morgan fingerprint density at radius 3 is 2.25 bits per heavy atom. The van der Waals surface area contributed by atoms with Crippen LogP contribution in [0.5, 0.6) is 17.2 Å². The van der Waals surface area contributed by atoms with Crippen molar-refractivity contribution in [2.45, 2.75) is 6.92 Å². The smallest absolute Gasteiger partial charge is 0.200 e. The van der Waals surface area contributed by atoms with Crippen LogP contribution in [0.2, 0.25) is 0 Å². The van der Waals surface area contributed by atoms with Crippen molar-refractivity contribution < 1.29 is 15.3 Å². The zero-order valence-electron chi connectivity index (χ0n) is 6.50. The Bertz CT molecular complexity index is 333. The van der Waals surface area contributed by atoms with Crippen molar-refractivity contribution in [3.05, 3.63) is 17.7 Å². The first-order valence-corrected chi connectivity index (χ1v) is 3.33. The lowest BCUT2D eigenvalue weighted by molar-refractivity contribution is 0.367. The fraction of sp³-hybridized carbons (Fsp3) is 0.125. The van der Waals surface area contributed by atoms with Crippen molar-refractivity contribution in [2.24, 2.45) is 0 Å². The molecule has 0 unspecified atom stereocenters. The number of rotatable bonds is 1. The zero-order valence-corrected chi connectivity index (χ0v) is 6.50. The molecule has 0 spiro atoms. The monoisotopic (exact) mass is 167 g/mol. The first-order valence-electron chi connectivity index (χ1n) is 3.33. The fourth-order valence-corrected chi connectivity index (χ4v) is 0.872. The molecule has 1 aromatic rings. The third kappa shape index (κ3) is 1.18. The second-order valence-electron chi connectivity index (χ2n) is 2.45. The summed E-state index contributed by atoms with van der Waals surface area (Å²) in [5, 5.41) is 34.4. The number of hydrogen-bond acceptors (Lipinski definition) is 4. The topological polar surface area (TPSA) is 84.5 Å². The highest BCUT2D eigenvalue weighted by atomic mass is 16.3. The van der Waals surface area contributed by atoms with Gasteiger partial charge in [0.25, 0.3) is 0 Å². The van der Waals surface area contributed by atoms with E-state index < -0.39 is 17.2 Å². The largest absolute Gasteiger partial charge is 0.504 e. The van der Waals surface area contributed by atoms with Gasteiger partial charge in [0.2, 0.25) is 5.75 Å².